The fraction of sp³-hybridized carbons (Fsp3) is 0.636. The van der Waals surface area contributed by atoms with Crippen LogP contribution in [-0.2, 0) is 19.6 Å². The predicted molar refractivity (Wildman–Crippen MR) is 123 cm³/mol. The molecule has 1 saturated heterocycles. The Morgan fingerprint density at radius 1 is 1.13 bits per heavy atom. The molecule has 0 spiro atoms. The molecular weight excluding hydrogens is 434 g/mol. The minimum atomic E-state index is -3.63. The van der Waals surface area contributed by atoms with Crippen LogP contribution < -0.4 is 10.6 Å². The number of carbonyl (C=O) groups is 2. The van der Waals surface area contributed by atoms with E-state index in [1.807, 2.05) is 6.26 Å². The molecule has 0 radical (unpaired) electrons. The molecule has 7 nitrogen and oxygen atoms in total. The maximum absolute atomic E-state index is 13.0. The Morgan fingerprint density at radius 3 is 2.52 bits per heavy atom. The summed E-state index contributed by atoms with van der Waals surface area (Å²) in [6, 6.07) is 7.93. The molecule has 2 amide bonds. The highest BCUT2D eigenvalue weighted by molar-refractivity contribution is 7.98. The van der Waals surface area contributed by atoms with Crippen molar-refractivity contribution in [2.45, 2.75) is 61.9 Å². The van der Waals surface area contributed by atoms with Crippen molar-refractivity contribution in [1.29, 1.82) is 0 Å². The molecule has 0 bridgehead atoms. The van der Waals surface area contributed by atoms with Crippen molar-refractivity contribution >= 4 is 33.6 Å². The van der Waals surface area contributed by atoms with E-state index in [2.05, 4.69) is 10.6 Å². The third kappa shape index (κ3) is 6.46. The number of rotatable bonds is 9. The first-order valence-corrected chi connectivity index (χ1v) is 13.9. The Kier molecular flexibility index (Phi) is 8.80. The van der Waals surface area contributed by atoms with E-state index in [1.54, 1.807) is 42.1 Å². The normalized spacial score (nSPS) is 21.5. The van der Waals surface area contributed by atoms with Crippen molar-refractivity contribution < 1.29 is 18.0 Å². The zero-order valence-corrected chi connectivity index (χ0v) is 19.7. The SMILES string of the molecule is CSCC[C@@H](NC(=O)[C@@H]1CCCN(S(=O)(=O)c2ccccc2)C1)C(=O)NC1CCCC1. The molecule has 3 rings (SSSR count). The molecule has 1 aliphatic heterocycles. The van der Waals surface area contributed by atoms with Crippen LogP contribution in [0.15, 0.2) is 35.2 Å². The molecule has 9 heteroatoms. The number of carbonyl (C=O) groups excluding carboxylic acids is 2. The van der Waals surface area contributed by atoms with Gasteiger partial charge in [0.05, 0.1) is 10.8 Å². The maximum atomic E-state index is 13.0. The van der Waals surface area contributed by atoms with E-state index < -0.39 is 22.0 Å². The third-order valence-corrected chi connectivity index (χ3v) is 8.60. The second-order valence-corrected chi connectivity index (χ2v) is 11.3. The summed E-state index contributed by atoms with van der Waals surface area (Å²) in [5.74, 6) is -0.0508. The quantitative estimate of drug-likeness (QED) is 0.581. The smallest absolute Gasteiger partial charge is 0.243 e. The van der Waals surface area contributed by atoms with E-state index in [-0.39, 0.29) is 29.3 Å². The van der Waals surface area contributed by atoms with Crippen LogP contribution in [0, 0.1) is 5.92 Å². The van der Waals surface area contributed by atoms with Gasteiger partial charge in [-0.2, -0.15) is 16.1 Å². The molecule has 172 valence electrons. The van der Waals surface area contributed by atoms with E-state index in [1.165, 1.54) is 4.31 Å². The minimum absolute atomic E-state index is 0.126. The van der Waals surface area contributed by atoms with Crippen LogP contribution in [0.3, 0.4) is 0 Å². The number of benzene rings is 1. The average Bonchev–Trinajstić information content (AvgIpc) is 3.30. The maximum Gasteiger partial charge on any atom is 0.243 e. The molecule has 0 aromatic heterocycles. The van der Waals surface area contributed by atoms with Crippen molar-refractivity contribution in [1.82, 2.24) is 14.9 Å². The zero-order chi connectivity index (χ0) is 22.3. The van der Waals surface area contributed by atoms with Crippen LogP contribution in [-0.4, -0.2) is 61.7 Å². The van der Waals surface area contributed by atoms with Crippen molar-refractivity contribution in [3.63, 3.8) is 0 Å². The lowest BCUT2D eigenvalue weighted by molar-refractivity contribution is -0.132. The van der Waals surface area contributed by atoms with E-state index in [4.69, 9.17) is 0 Å². The van der Waals surface area contributed by atoms with Gasteiger partial charge in [0.25, 0.3) is 0 Å². The van der Waals surface area contributed by atoms with Crippen molar-refractivity contribution in [2.75, 3.05) is 25.1 Å². The number of piperidine rings is 1. The molecule has 1 aliphatic carbocycles. The fourth-order valence-electron chi connectivity index (χ4n) is 4.28. The molecule has 2 aliphatic rings. The lowest BCUT2D eigenvalue weighted by atomic mass is 9.98. The molecule has 1 aromatic carbocycles. The van der Waals surface area contributed by atoms with Crippen LogP contribution in [0.4, 0.5) is 0 Å². The van der Waals surface area contributed by atoms with Gasteiger partial charge in [-0.3, -0.25) is 9.59 Å². The van der Waals surface area contributed by atoms with E-state index in [0.717, 1.165) is 31.4 Å². The number of thioether (sulfide) groups is 1. The topological polar surface area (TPSA) is 95.6 Å². The van der Waals surface area contributed by atoms with Crippen LogP contribution in [0.25, 0.3) is 0 Å². The molecule has 1 heterocycles. The first-order valence-electron chi connectivity index (χ1n) is 11.1. The van der Waals surface area contributed by atoms with E-state index >= 15 is 0 Å². The number of sulfonamides is 1. The van der Waals surface area contributed by atoms with Crippen LogP contribution in [0.1, 0.15) is 44.9 Å². The molecule has 2 N–H and O–H groups in total. The summed E-state index contributed by atoms with van der Waals surface area (Å²) in [4.78, 5) is 26.0. The molecule has 1 aromatic rings. The second-order valence-electron chi connectivity index (χ2n) is 8.35. The van der Waals surface area contributed by atoms with Crippen LogP contribution in [0.2, 0.25) is 0 Å². The minimum Gasteiger partial charge on any atom is -0.352 e. The number of nitrogens with zero attached hydrogens (tertiary/aromatic N) is 1. The second kappa shape index (κ2) is 11.3. The Hall–Kier alpha value is -1.58. The summed E-state index contributed by atoms with van der Waals surface area (Å²) in [6.45, 7) is 0.543. The summed E-state index contributed by atoms with van der Waals surface area (Å²) < 4.78 is 27.3. The average molecular weight is 468 g/mol. The van der Waals surface area contributed by atoms with Gasteiger partial charge >= 0.3 is 0 Å². The number of amides is 2. The predicted octanol–water partition coefficient (Wildman–Crippen LogP) is 2.38. The van der Waals surface area contributed by atoms with Gasteiger partial charge in [0.2, 0.25) is 21.8 Å². The molecule has 2 atom stereocenters. The molecular formula is C22H33N3O4S2. The number of nitrogens with one attached hydrogen (secondary N) is 2. The Balaban J connectivity index is 1.63. The summed E-state index contributed by atoms with van der Waals surface area (Å²) >= 11 is 1.64. The van der Waals surface area contributed by atoms with Crippen LogP contribution >= 0.6 is 11.8 Å². The van der Waals surface area contributed by atoms with Gasteiger partial charge in [-0.15, -0.1) is 0 Å². The van der Waals surface area contributed by atoms with Gasteiger partial charge in [-0.1, -0.05) is 31.0 Å². The van der Waals surface area contributed by atoms with Gasteiger partial charge in [0.1, 0.15) is 6.04 Å². The standard InChI is InChI=1S/C22H33N3O4S2/c1-30-15-13-20(22(27)23-18-9-5-6-10-18)24-21(26)17-8-7-14-25(16-17)31(28,29)19-11-3-2-4-12-19/h2-4,11-12,17-18,20H,5-10,13-16H2,1H3,(H,23,27)(H,24,26)/t17-,20-/m1/s1. The lowest BCUT2D eigenvalue weighted by Crippen LogP contribution is -2.53. The molecule has 2 fully saturated rings. The van der Waals surface area contributed by atoms with Crippen molar-refractivity contribution in [2.24, 2.45) is 5.92 Å². The van der Waals surface area contributed by atoms with Gasteiger partial charge in [-0.25, -0.2) is 8.42 Å². The lowest BCUT2D eigenvalue weighted by Gasteiger charge is -2.32. The summed E-state index contributed by atoms with van der Waals surface area (Å²) in [5.41, 5.74) is 0. The Morgan fingerprint density at radius 2 is 1.84 bits per heavy atom. The monoisotopic (exact) mass is 467 g/mol. The summed E-state index contributed by atoms with van der Waals surface area (Å²) in [6.07, 6.45) is 8.00. The molecule has 0 unspecified atom stereocenters. The number of hydrogen-bond donors (Lipinski definition) is 2. The molecule has 1 saturated carbocycles. The van der Waals surface area contributed by atoms with Gasteiger partial charge in [0, 0.05) is 19.1 Å². The highest BCUT2D eigenvalue weighted by atomic mass is 32.2. The highest BCUT2D eigenvalue weighted by Gasteiger charge is 2.35. The van der Waals surface area contributed by atoms with Crippen LogP contribution in [0.5, 0.6) is 0 Å². The van der Waals surface area contributed by atoms with Gasteiger partial charge < -0.3 is 10.6 Å². The van der Waals surface area contributed by atoms with Gasteiger partial charge in [-0.05, 0) is 56.2 Å². The molecule has 31 heavy (non-hydrogen) atoms. The largest absolute Gasteiger partial charge is 0.352 e. The zero-order valence-electron chi connectivity index (χ0n) is 18.1. The Labute approximate surface area is 189 Å². The third-order valence-electron chi connectivity index (χ3n) is 6.08. The van der Waals surface area contributed by atoms with Crippen molar-refractivity contribution in [3.8, 4) is 0 Å². The highest BCUT2D eigenvalue weighted by Crippen LogP contribution is 2.24. The van der Waals surface area contributed by atoms with E-state index in [9.17, 15) is 18.0 Å². The van der Waals surface area contributed by atoms with Gasteiger partial charge in [0.15, 0.2) is 0 Å². The Bertz CT molecular complexity index is 842. The van der Waals surface area contributed by atoms with E-state index in [0.29, 0.717) is 25.8 Å². The van der Waals surface area contributed by atoms with Crippen molar-refractivity contribution in [3.05, 3.63) is 30.3 Å². The summed E-state index contributed by atoms with van der Waals surface area (Å²) in [7, 11) is -3.63. The first-order chi connectivity index (χ1) is 14.9. The fourth-order valence-corrected chi connectivity index (χ4v) is 6.30. The number of hydrogen-bond acceptors (Lipinski definition) is 5. The first kappa shape index (κ1) is 24.1. The summed E-state index contributed by atoms with van der Waals surface area (Å²) in [5, 5.41) is 6.00.